The van der Waals surface area contributed by atoms with Crippen molar-refractivity contribution in [3.63, 3.8) is 0 Å². The molecule has 0 amide bonds. The first-order valence-electron chi connectivity index (χ1n) is 8.10. The van der Waals surface area contributed by atoms with Crippen LogP contribution in [0.4, 0.5) is 0 Å². The number of rotatable bonds is 7. The van der Waals surface area contributed by atoms with Crippen LogP contribution in [0.15, 0.2) is 35.6 Å². The second-order valence-corrected chi connectivity index (χ2v) is 5.72. The van der Waals surface area contributed by atoms with Crippen LogP contribution in [-0.4, -0.2) is 40.9 Å². The van der Waals surface area contributed by atoms with Crippen LogP contribution in [0.5, 0.6) is 5.75 Å². The summed E-state index contributed by atoms with van der Waals surface area (Å²) >= 11 is 0. The number of benzene rings is 1. The molecule has 24 heavy (non-hydrogen) atoms. The van der Waals surface area contributed by atoms with Gasteiger partial charge in [-0.2, -0.15) is 5.10 Å². The van der Waals surface area contributed by atoms with Gasteiger partial charge in [-0.25, -0.2) is 4.98 Å². The van der Waals surface area contributed by atoms with Gasteiger partial charge in [0, 0.05) is 14.1 Å². The van der Waals surface area contributed by atoms with Crippen molar-refractivity contribution in [2.75, 3.05) is 20.2 Å². The van der Waals surface area contributed by atoms with Gasteiger partial charge in [0.05, 0.1) is 13.1 Å². The Bertz CT molecular complexity index is 647. The topological polar surface area (TPSA) is 76.4 Å². The van der Waals surface area contributed by atoms with Crippen molar-refractivity contribution in [3.8, 4) is 5.75 Å². The van der Waals surface area contributed by atoms with E-state index in [1.807, 2.05) is 19.2 Å². The molecule has 2 aromatic rings. The molecule has 0 bridgehead atoms. The first-order chi connectivity index (χ1) is 11.6. The zero-order valence-corrected chi connectivity index (χ0v) is 14.8. The van der Waals surface area contributed by atoms with Crippen molar-refractivity contribution in [2.45, 2.75) is 26.3 Å². The number of aryl methyl sites for hydroxylation is 1. The van der Waals surface area contributed by atoms with Crippen molar-refractivity contribution < 1.29 is 4.74 Å². The quantitative estimate of drug-likeness (QED) is 0.459. The molecule has 7 nitrogen and oxygen atoms in total. The smallest absolute Gasteiger partial charge is 0.191 e. The molecule has 0 aliphatic rings. The highest BCUT2D eigenvalue weighted by Crippen LogP contribution is 2.18. The second-order valence-electron chi connectivity index (χ2n) is 5.72. The van der Waals surface area contributed by atoms with Crippen LogP contribution in [-0.2, 0) is 13.6 Å². The third-order valence-corrected chi connectivity index (χ3v) is 3.65. The molecule has 0 saturated heterocycles. The Morgan fingerprint density at radius 2 is 2.00 bits per heavy atom. The lowest BCUT2D eigenvalue weighted by molar-refractivity contribution is 0.322. The molecule has 0 aliphatic carbocycles. The minimum Gasteiger partial charge on any atom is -0.492 e. The Balaban J connectivity index is 1.69. The van der Waals surface area contributed by atoms with Crippen molar-refractivity contribution in [2.24, 2.45) is 12.0 Å². The summed E-state index contributed by atoms with van der Waals surface area (Å²) in [6.45, 7) is 6.14. The highest BCUT2D eigenvalue weighted by molar-refractivity contribution is 5.79. The van der Waals surface area contributed by atoms with Crippen molar-refractivity contribution in [3.05, 3.63) is 42.0 Å². The Labute approximate surface area is 143 Å². The fourth-order valence-electron chi connectivity index (χ4n) is 2.15. The van der Waals surface area contributed by atoms with Gasteiger partial charge in [-0.05, 0) is 23.6 Å². The van der Waals surface area contributed by atoms with E-state index in [0.717, 1.165) is 11.6 Å². The minimum absolute atomic E-state index is 0.532. The van der Waals surface area contributed by atoms with Crippen molar-refractivity contribution >= 4 is 5.96 Å². The summed E-state index contributed by atoms with van der Waals surface area (Å²) in [7, 11) is 3.59. The van der Waals surface area contributed by atoms with Gasteiger partial charge >= 0.3 is 0 Å². The Morgan fingerprint density at radius 3 is 2.58 bits per heavy atom. The first kappa shape index (κ1) is 17.8. The Hall–Kier alpha value is -2.57. The van der Waals surface area contributed by atoms with Crippen LogP contribution >= 0.6 is 0 Å². The highest BCUT2D eigenvalue weighted by Gasteiger charge is 2.03. The summed E-state index contributed by atoms with van der Waals surface area (Å²) < 4.78 is 7.46. The van der Waals surface area contributed by atoms with E-state index in [0.29, 0.717) is 31.6 Å². The van der Waals surface area contributed by atoms with Crippen LogP contribution < -0.4 is 15.4 Å². The maximum atomic E-state index is 5.73. The first-order valence-corrected chi connectivity index (χ1v) is 8.10. The third kappa shape index (κ3) is 5.26. The lowest BCUT2D eigenvalue weighted by Crippen LogP contribution is -2.39. The van der Waals surface area contributed by atoms with Gasteiger partial charge in [-0.15, -0.1) is 0 Å². The number of hydrogen-bond donors (Lipinski definition) is 2. The number of hydrogen-bond acceptors (Lipinski definition) is 4. The minimum atomic E-state index is 0.532. The molecule has 0 saturated carbocycles. The van der Waals surface area contributed by atoms with Crippen LogP contribution in [0.25, 0.3) is 0 Å². The third-order valence-electron chi connectivity index (χ3n) is 3.65. The van der Waals surface area contributed by atoms with Gasteiger partial charge in [0.15, 0.2) is 5.96 Å². The molecule has 2 N–H and O–H groups in total. The molecule has 0 aliphatic heterocycles. The molecule has 0 atom stereocenters. The average molecular weight is 330 g/mol. The van der Waals surface area contributed by atoms with Gasteiger partial charge in [0.1, 0.15) is 24.5 Å². The van der Waals surface area contributed by atoms with Gasteiger partial charge in [-0.1, -0.05) is 26.0 Å². The zero-order valence-electron chi connectivity index (χ0n) is 14.8. The number of nitrogens with zero attached hydrogens (tertiary/aromatic N) is 4. The van der Waals surface area contributed by atoms with E-state index in [-0.39, 0.29) is 0 Å². The predicted molar refractivity (Wildman–Crippen MR) is 95.2 cm³/mol. The van der Waals surface area contributed by atoms with E-state index in [4.69, 9.17) is 4.74 Å². The standard InChI is InChI=1S/C17H26N6O/c1-13(2)14-5-7-15(8-6-14)24-10-9-19-17(18-3)20-11-16-21-12-22-23(16)4/h5-8,12-13H,9-11H2,1-4H3,(H2,18,19,20). The van der Waals surface area contributed by atoms with E-state index >= 15 is 0 Å². The molecular weight excluding hydrogens is 304 g/mol. The lowest BCUT2D eigenvalue weighted by atomic mass is 10.0. The maximum Gasteiger partial charge on any atom is 0.191 e. The number of aromatic nitrogens is 3. The van der Waals surface area contributed by atoms with E-state index in [1.54, 1.807) is 11.7 Å². The van der Waals surface area contributed by atoms with E-state index < -0.39 is 0 Å². The molecule has 1 aromatic heterocycles. The lowest BCUT2D eigenvalue weighted by Gasteiger charge is -2.12. The highest BCUT2D eigenvalue weighted by atomic mass is 16.5. The van der Waals surface area contributed by atoms with Crippen LogP contribution in [0.2, 0.25) is 0 Å². The molecule has 7 heteroatoms. The Kier molecular flexibility index (Phi) is 6.60. The fourth-order valence-corrected chi connectivity index (χ4v) is 2.15. The molecule has 1 heterocycles. The SMILES string of the molecule is CN=C(NCCOc1ccc(C(C)C)cc1)NCc1ncnn1C. The number of nitrogens with one attached hydrogen (secondary N) is 2. The summed E-state index contributed by atoms with van der Waals surface area (Å²) in [5.41, 5.74) is 1.31. The normalized spacial score (nSPS) is 11.6. The largest absolute Gasteiger partial charge is 0.492 e. The maximum absolute atomic E-state index is 5.73. The van der Waals surface area contributed by atoms with Crippen LogP contribution in [0.1, 0.15) is 31.2 Å². The van der Waals surface area contributed by atoms with E-state index in [2.05, 4.69) is 51.7 Å². The second kappa shape index (κ2) is 8.90. The average Bonchev–Trinajstić information content (AvgIpc) is 2.99. The fraction of sp³-hybridized carbons (Fsp3) is 0.471. The van der Waals surface area contributed by atoms with E-state index in [1.165, 1.54) is 11.9 Å². The van der Waals surface area contributed by atoms with Crippen molar-refractivity contribution in [1.29, 1.82) is 0 Å². The van der Waals surface area contributed by atoms with Crippen molar-refractivity contribution in [1.82, 2.24) is 25.4 Å². The van der Waals surface area contributed by atoms with Gasteiger partial charge in [0.2, 0.25) is 0 Å². The van der Waals surface area contributed by atoms with Gasteiger partial charge in [-0.3, -0.25) is 9.67 Å². The molecule has 0 radical (unpaired) electrons. The van der Waals surface area contributed by atoms with Crippen LogP contribution in [0, 0.1) is 0 Å². The molecule has 1 aromatic carbocycles. The van der Waals surface area contributed by atoms with Gasteiger partial charge in [0.25, 0.3) is 0 Å². The molecule has 0 spiro atoms. The zero-order chi connectivity index (χ0) is 17.4. The molecule has 0 fully saturated rings. The summed E-state index contributed by atoms with van der Waals surface area (Å²) in [6, 6.07) is 8.23. The molecule has 130 valence electrons. The number of aliphatic imine (C=N–C) groups is 1. The van der Waals surface area contributed by atoms with E-state index in [9.17, 15) is 0 Å². The summed E-state index contributed by atoms with van der Waals surface area (Å²) in [6.07, 6.45) is 1.53. The monoisotopic (exact) mass is 330 g/mol. The predicted octanol–water partition coefficient (Wildman–Crippen LogP) is 1.68. The number of ether oxygens (including phenoxy) is 1. The summed E-state index contributed by atoms with van der Waals surface area (Å²) in [5, 5.41) is 10.4. The Morgan fingerprint density at radius 1 is 1.25 bits per heavy atom. The summed E-state index contributed by atoms with van der Waals surface area (Å²) in [4.78, 5) is 8.33. The van der Waals surface area contributed by atoms with Crippen LogP contribution in [0.3, 0.4) is 0 Å². The molecular formula is C17H26N6O. The molecule has 0 unspecified atom stereocenters. The molecule has 2 rings (SSSR count). The number of guanidine groups is 1. The summed E-state index contributed by atoms with van der Waals surface area (Å²) in [5.74, 6) is 2.96. The van der Waals surface area contributed by atoms with Gasteiger partial charge < -0.3 is 15.4 Å².